The Labute approximate surface area is 126 Å². The number of aromatic nitrogens is 3. The molecule has 0 fully saturated rings. The molecular formula is C15H14N4O3. The monoisotopic (exact) mass is 298 g/mol. The van der Waals surface area contributed by atoms with Crippen molar-refractivity contribution in [2.45, 2.75) is 20.5 Å². The van der Waals surface area contributed by atoms with Crippen molar-refractivity contribution in [1.29, 1.82) is 0 Å². The van der Waals surface area contributed by atoms with Crippen molar-refractivity contribution in [3.63, 3.8) is 0 Å². The van der Waals surface area contributed by atoms with E-state index in [-0.39, 0.29) is 18.1 Å². The Morgan fingerprint density at radius 3 is 2.50 bits per heavy atom. The van der Waals surface area contributed by atoms with Crippen molar-refractivity contribution < 1.29 is 14.1 Å². The maximum absolute atomic E-state index is 12.0. The Morgan fingerprint density at radius 1 is 1.18 bits per heavy atom. The molecule has 0 atom stereocenters. The molecule has 0 radical (unpaired) electrons. The fourth-order valence-electron chi connectivity index (χ4n) is 2.10. The number of nitrogens with two attached hydrogens (primary N) is 1. The zero-order valence-corrected chi connectivity index (χ0v) is 12.2. The lowest BCUT2D eigenvalue weighted by atomic mass is 10.2. The second-order valence-electron chi connectivity index (χ2n) is 4.83. The third-order valence-electron chi connectivity index (χ3n) is 3.28. The summed E-state index contributed by atoms with van der Waals surface area (Å²) >= 11 is 0. The zero-order chi connectivity index (χ0) is 15.7. The molecule has 22 heavy (non-hydrogen) atoms. The van der Waals surface area contributed by atoms with Gasteiger partial charge < -0.3 is 15.0 Å². The van der Waals surface area contributed by atoms with E-state index in [9.17, 15) is 4.79 Å². The molecule has 7 heteroatoms. The smallest absolute Gasteiger partial charge is 0.346 e. The lowest BCUT2D eigenvalue weighted by molar-refractivity contribution is 0.0467. The van der Waals surface area contributed by atoms with Gasteiger partial charge in [0.05, 0.1) is 28.1 Å². The summed E-state index contributed by atoms with van der Waals surface area (Å²) in [6, 6.07) is 7.51. The van der Waals surface area contributed by atoms with Crippen LogP contribution in [0.15, 0.2) is 28.8 Å². The minimum Gasteiger partial charge on any atom is -0.455 e. The largest absolute Gasteiger partial charge is 0.455 e. The van der Waals surface area contributed by atoms with Crippen LogP contribution in [0, 0.1) is 13.8 Å². The summed E-state index contributed by atoms with van der Waals surface area (Å²) in [4.78, 5) is 21.0. The maximum atomic E-state index is 12.0. The van der Waals surface area contributed by atoms with Crippen molar-refractivity contribution in [2.24, 2.45) is 0 Å². The van der Waals surface area contributed by atoms with Crippen LogP contribution < -0.4 is 5.73 Å². The highest BCUT2D eigenvalue weighted by atomic mass is 16.5. The van der Waals surface area contributed by atoms with Crippen LogP contribution in [0.3, 0.4) is 0 Å². The predicted molar refractivity (Wildman–Crippen MR) is 79.0 cm³/mol. The number of rotatable bonds is 3. The number of benzene rings is 1. The molecule has 7 nitrogen and oxygen atoms in total. The van der Waals surface area contributed by atoms with Crippen molar-refractivity contribution in [3.8, 4) is 0 Å². The van der Waals surface area contributed by atoms with Gasteiger partial charge in [0.2, 0.25) is 5.88 Å². The molecule has 0 saturated carbocycles. The van der Waals surface area contributed by atoms with Crippen LogP contribution in [0.1, 0.15) is 27.4 Å². The van der Waals surface area contributed by atoms with E-state index < -0.39 is 5.97 Å². The third-order valence-corrected chi connectivity index (χ3v) is 3.28. The van der Waals surface area contributed by atoms with Gasteiger partial charge in [-0.1, -0.05) is 17.3 Å². The van der Waals surface area contributed by atoms with Crippen molar-refractivity contribution in [2.75, 3.05) is 5.73 Å². The van der Waals surface area contributed by atoms with Gasteiger partial charge in [0, 0.05) is 0 Å². The van der Waals surface area contributed by atoms with Crippen LogP contribution in [0.25, 0.3) is 11.0 Å². The molecule has 0 unspecified atom stereocenters. The van der Waals surface area contributed by atoms with Gasteiger partial charge in [-0.2, -0.15) is 0 Å². The molecule has 0 aliphatic carbocycles. The number of carbonyl (C=O) groups is 1. The number of carbonyl (C=O) groups excluding carboxylic acids is 1. The summed E-state index contributed by atoms with van der Waals surface area (Å²) in [7, 11) is 0. The van der Waals surface area contributed by atoms with Crippen LogP contribution in [-0.2, 0) is 11.3 Å². The van der Waals surface area contributed by atoms with Crippen LogP contribution in [0.2, 0.25) is 0 Å². The van der Waals surface area contributed by atoms with Gasteiger partial charge in [0.25, 0.3) is 0 Å². The van der Waals surface area contributed by atoms with Gasteiger partial charge in [-0.15, -0.1) is 0 Å². The molecule has 0 spiro atoms. The molecule has 2 heterocycles. The maximum Gasteiger partial charge on any atom is 0.346 e. The molecule has 1 aromatic carbocycles. The standard InChI is InChI=1S/C15H14N4O3/c1-8-12(18-11-6-4-3-5-10(11)17-8)7-21-15(20)13-9(2)19-22-14(13)16/h3-6H,7,16H2,1-2H3. The van der Waals surface area contributed by atoms with Gasteiger partial charge in [-0.3, -0.25) is 0 Å². The predicted octanol–water partition coefficient (Wildman–Crippen LogP) is 2.17. The quantitative estimate of drug-likeness (QED) is 0.739. The number of nitrogen functional groups attached to an aromatic ring is 1. The first-order chi connectivity index (χ1) is 10.6. The number of hydrogen-bond acceptors (Lipinski definition) is 7. The second kappa shape index (κ2) is 5.44. The van der Waals surface area contributed by atoms with E-state index >= 15 is 0 Å². The van der Waals surface area contributed by atoms with Crippen LogP contribution in [-0.4, -0.2) is 21.1 Å². The fourth-order valence-corrected chi connectivity index (χ4v) is 2.10. The highest BCUT2D eigenvalue weighted by molar-refractivity contribution is 5.94. The molecule has 3 aromatic rings. The summed E-state index contributed by atoms with van der Waals surface area (Å²) in [5.74, 6) is -0.644. The van der Waals surface area contributed by atoms with Crippen molar-refractivity contribution >= 4 is 22.9 Å². The first kappa shape index (κ1) is 14.0. The Morgan fingerprint density at radius 2 is 1.86 bits per heavy atom. The highest BCUT2D eigenvalue weighted by Gasteiger charge is 2.20. The topological polar surface area (TPSA) is 104 Å². The zero-order valence-electron chi connectivity index (χ0n) is 12.2. The minimum atomic E-state index is -0.592. The number of para-hydroxylation sites is 2. The summed E-state index contributed by atoms with van der Waals surface area (Å²) in [6.07, 6.45) is 0. The minimum absolute atomic E-state index is 0.00651. The molecule has 2 aromatic heterocycles. The van der Waals surface area contributed by atoms with Gasteiger partial charge in [-0.05, 0) is 26.0 Å². The Kier molecular flexibility index (Phi) is 3.46. The van der Waals surface area contributed by atoms with E-state index in [0.29, 0.717) is 17.1 Å². The highest BCUT2D eigenvalue weighted by Crippen LogP contribution is 2.18. The van der Waals surface area contributed by atoms with Crippen LogP contribution in [0.5, 0.6) is 0 Å². The average molecular weight is 298 g/mol. The van der Waals surface area contributed by atoms with E-state index in [1.807, 2.05) is 31.2 Å². The van der Waals surface area contributed by atoms with Gasteiger partial charge in [0.15, 0.2) is 0 Å². The number of esters is 1. The van der Waals surface area contributed by atoms with E-state index in [0.717, 1.165) is 11.0 Å². The van der Waals surface area contributed by atoms with E-state index in [1.54, 1.807) is 6.92 Å². The molecule has 0 saturated heterocycles. The number of aryl methyl sites for hydroxylation is 2. The SMILES string of the molecule is Cc1nc2ccccc2nc1COC(=O)c1c(C)noc1N. The summed E-state index contributed by atoms with van der Waals surface area (Å²) in [5, 5.41) is 3.62. The molecule has 2 N–H and O–H groups in total. The molecule has 0 amide bonds. The summed E-state index contributed by atoms with van der Waals surface area (Å²) in [5.41, 5.74) is 8.95. The lowest BCUT2D eigenvalue weighted by Gasteiger charge is -2.07. The summed E-state index contributed by atoms with van der Waals surface area (Å²) in [6.45, 7) is 3.45. The number of fused-ring (bicyclic) bond motifs is 1. The number of ether oxygens (including phenoxy) is 1. The van der Waals surface area contributed by atoms with Gasteiger partial charge >= 0.3 is 5.97 Å². The van der Waals surface area contributed by atoms with Gasteiger partial charge in [0.1, 0.15) is 12.2 Å². The first-order valence-electron chi connectivity index (χ1n) is 6.67. The first-order valence-corrected chi connectivity index (χ1v) is 6.67. The fraction of sp³-hybridized carbons (Fsp3) is 0.200. The normalized spacial score (nSPS) is 10.8. The Hall–Kier alpha value is -2.96. The van der Waals surface area contributed by atoms with Crippen molar-refractivity contribution in [3.05, 3.63) is 46.9 Å². The van der Waals surface area contributed by atoms with Crippen LogP contribution >= 0.6 is 0 Å². The third kappa shape index (κ3) is 2.48. The number of anilines is 1. The molecule has 112 valence electrons. The molecule has 0 aliphatic heterocycles. The molecule has 0 aliphatic rings. The lowest BCUT2D eigenvalue weighted by Crippen LogP contribution is -2.10. The average Bonchev–Trinajstić information content (AvgIpc) is 2.84. The van der Waals surface area contributed by atoms with E-state index in [2.05, 4.69) is 15.1 Å². The van der Waals surface area contributed by atoms with Crippen molar-refractivity contribution in [1.82, 2.24) is 15.1 Å². The molecule has 3 rings (SSSR count). The van der Waals surface area contributed by atoms with E-state index in [4.69, 9.17) is 15.0 Å². The summed E-state index contributed by atoms with van der Waals surface area (Å²) < 4.78 is 9.99. The molecule has 0 bridgehead atoms. The Balaban J connectivity index is 1.82. The van der Waals surface area contributed by atoms with Gasteiger partial charge in [-0.25, -0.2) is 14.8 Å². The number of hydrogen-bond donors (Lipinski definition) is 1. The Bertz CT molecular complexity index is 838. The number of nitrogens with zero attached hydrogens (tertiary/aromatic N) is 3. The molecular weight excluding hydrogens is 284 g/mol. The van der Waals surface area contributed by atoms with Crippen LogP contribution in [0.4, 0.5) is 5.88 Å². The van der Waals surface area contributed by atoms with E-state index in [1.165, 1.54) is 0 Å². The second-order valence-corrected chi connectivity index (χ2v) is 4.83.